The van der Waals surface area contributed by atoms with Gasteiger partial charge in [0.25, 0.3) is 11.8 Å². The first-order chi connectivity index (χ1) is 20.6. The predicted octanol–water partition coefficient (Wildman–Crippen LogP) is 6.68. The molecule has 11 heteroatoms. The molecule has 3 aromatic carbocycles. The van der Waals surface area contributed by atoms with Gasteiger partial charge in [0, 0.05) is 18.7 Å². The highest BCUT2D eigenvalue weighted by molar-refractivity contribution is 6.40. The Morgan fingerprint density at radius 1 is 0.860 bits per heavy atom. The van der Waals surface area contributed by atoms with Gasteiger partial charge in [0.2, 0.25) is 0 Å². The van der Waals surface area contributed by atoms with Crippen LogP contribution >= 0.6 is 23.2 Å². The number of rotatable bonds is 10. The minimum Gasteiger partial charge on any atom is -0.480 e. The van der Waals surface area contributed by atoms with Crippen molar-refractivity contribution >= 4 is 58.4 Å². The first-order valence-corrected chi connectivity index (χ1v) is 14.9. The highest BCUT2D eigenvalue weighted by atomic mass is 35.5. The fourth-order valence-electron chi connectivity index (χ4n) is 5.12. The van der Waals surface area contributed by atoms with Gasteiger partial charge in [-0.1, -0.05) is 72.8 Å². The number of amides is 4. The monoisotopic (exact) mass is 624 g/mol. The molecule has 5 N–H and O–H groups in total. The molecular formula is C32H34Cl2N4O5. The van der Waals surface area contributed by atoms with E-state index in [1.54, 1.807) is 67.6 Å². The van der Waals surface area contributed by atoms with E-state index < -0.39 is 23.9 Å². The summed E-state index contributed by atoms with van der Waals surface area (Å²) in [5.41, 5.74) is 2.52. The maximum Gasteiger partial charge on any atom is 0.326 e. The number of carboxylic acid groups (broad SMARTS) is 1. The zero-order valence-corrected chi connectivity index (χ0v) is 25.2. The van der Waals surface area contributed by atoms with E-state index in [2.05, 4.69) is 21.3 Å². The highest BCUT2D eigenvalue weighted by Gasteiger charge is 2.23. The SMILES string of the molecule is Cc1cccc(C(=O)NCC2CCCCC2)c1NC(=O)NC(Cc1ccc(NC(=O)c2c(Cl)cccc2Cl)cc1)C(=O)O. The van der Waals surface area contributed by atoms with Gasteiger partial charge >= 0.3 is 12.0 Å². The van der Waals surface area contributed by atoms with E-state index in [0.29, 0.717) is 40.5 Å². The molecule has 43 heavy (non-hydrogen) atoms. The molecule has 226 valence electrons. The molecule has 4 rings (SSSR count). The summed E-state index contributed by atoms with van der Waals surface area (Å²) in [5.74, 6) is -1.55. The summed E-state index contributed by atoms with van der Waals surface area (Å²) in [6.07, 6.45) is 5.73. The fourth-order valence-corrected chi connectivity index (χ4v) is 5.69. The van der Waals surface area contributed by atoms with Gasteiger partial charge < -0.3 is 26.4 Å². The summed E-state index contributed by atoms with van der Waals surface area (Å²) >= 11 is 12.2. The number of urea groups is 1. The number of aliphatic carboxylic acids is 1. The second-order valence-electron chi connectivity index (χ2n) is 10.7. The lowest BCUT2D eigenvalue weighted by Gasteiger charge is -2.22. The van der Waals surface area contributed by atoms with Gasteiger partial charge in [0.05, 0.1) is 26.9 Å². The van der Waals surface area contributed by atoms with Crippen LogP contribution in [0.5, 0.6) is 0 Å². The standard InChI is InChI=1S/C32H34Cl2N4O5/c1-19-7-5-10-23(29(39)35-18-21-8-3-2-4-9-21)28(19)38-32(43)37-26(31(41)42)17-20-13-15-22(16-14-20)36-30(40)27-24(33)11-6-12-25(27)34/h5-7,10-16,21,26H,2-4,8-9,17-18H2,1H3,(H,35,39)(H,36,40)(H,41,42)(H2,37,38,43). The van der Waals surface area contributed by atoms with Gasteiger partial charge in [-0.15, -0.1) is 0 Å². The summed E-state index contributed by atoms with van der Waals surface area (Å²) in [5, 5.41) is 21.1. The third kappa shape index (κ3) is 8.72. The van der Waals surface area contributed by atoms with E-state index in [9.17, 15) is 24.3 Å². The maximum absolute atomic E-state index is 13.0. The topological polar surface area (TPSA) is 137 Å². The van der Waals surface area contributed by atoms with Crippen LogP contribution in [0.4, 0.5) is 16.2 Å². The molecule has 0 heterocycles. The van der Waals surface area contributed by atoms with E-state index in [-0.39, 0.29) is 27.9 Å². The van der Waals surface area contributed by atoms with Crippen molar-refractivity contribution in [2.45, 2.75) is 51.5 Å². The second kappa shape index (κ2) is 14.9. The average Bonchev–Trinajstić information content (AvgIpc) is 2.98. The van der Waals surface area contributed by atoms with Crippen LogP contribution in [-0.4, -0.2) is 41.5 Å². The van der Waals surface area contributed by atoms with E-state index >= 15 is 0 Å². The predicted molar refractivity (Wildman–Crippen MR) is 168 cm³/mol. The summed E-state index contributed by atoms with van der Waals surface area (Å²) in [6.45, 7) is 2.35. The van der Waals surface area contributed by atoms with Gasteiger partial charge in [0.1, 0.15) is 6.04 Å². The van der Waals surface area contributed by atoms with Crippen molar-refractivity contribution in [2.75, 3.05) is 17.2 Å². The number of aryl methyl sites for hydroxylation is 1. The number of hydrogen-bond donors (Lipinski definition) is 5. The number of anilines is 2. The number of nitrogens with one attached hydrogen (secondary N) is 4. The molecule has 1 aliphatic carbocycles. The quantitative estimate of drug-likeness (QED) is 0.171. The summed E-state index contributed by atoms with van der Waals surface area (Å²) in [4.78, 5) is 50.6. The Labute approximate surface area is 260 Å². The number of benzene rings is 3. The molecule has 3 aromatic rings. The lowest BCUT2D eigenvalue weighted by atomic mass is 9.89. The first kappa shape index (κ1) is 31.8. The molecule has 0 radical (unpaired) electrons. The smallest absolute Gasteiger partial charge is 0.326 e. The van der Waals surface area contributed by atoms with Crippen LogP contribution < -0.4 is 21.3 Å². The van der Waals surface area contributed by atoms with Crippen molar-refractivity contribution in [3.05, 3.63) is 93.0 Å². The fraction of sp³-hybridized carbons (Fsp3) is 0.312. The molecule has 0 spiro atoms. The van der Waals surface area contributed by atoms with Crippen LogP contribution in [0, 0.1) is 12.8 Å². The molecule has 0 aromatic heterocycles. The van der Waals surface area contributed by atoms with Crippen LogP contribution in [0.15, 0.2) is 60.7 Å². The third-order valence-corrected chi connectivity index (χ3v) is 8.11. The Balaban J connectivity index is 1.37. The van der Waals surface area contributed by atoms with Gasteiger partial charge in [0.15, 0.2) is 0 Å². The van der Waals surface area contributed by atoms with E-state index in [1.807, 2.05) is 0 Å². The van der Waals surface area contributed by atoms with Crippen molar-refractivity contribution in [3.63, 3.8) is 0 Å². The minimum absolute atomic E-state index is 0.0180. The van der Waals surface area contributed by atoms with Crippen molar-refractivity contribution in [1.29, 1.82) is 0 Å². The highest BCUT2D eigenvalue weighted by Crippen LogP contribution is 2.26. The van der Waals surface area contributed by atoms with Crippen LogP contribution in [0.1, 0.15) is 63.9 Å². The van der Waals surface area contributed by atoms with Crippen LogP contribution in [0.25, 0.3) is 0 Å². The number of hydrogen-bond acceptors (Lipinski definition) is 4. The number of carbonyl (C=O) groups excluding carboxylic acids is 3. The zero-order chi connectivity index (χ0) is 30.9. The Morgan fingerprint density at radius 2 is 1.51 bits per heavy atom. The van der Waals surface area contributed by atoms with Crippen molar-refractivity contribution < 1.29 is 24.3 Å². The molecule has 1 atom stereocenters. The molecule has 0 bridgehead atoms. The largest absolute Gasteiger partial charge is 0.480 e. The molecule has 1 fully saturated rings. The summed E-state index contributed by atoms with van der Waals surface area (Å²) < 4.78 is 0. The van der Waals surface area contributed by atoms with E-state index in [4.69, 9.17) is 23.2 Å². The van der Waals surface area contributed by atoms with Crippen LogP contribution in [0.3, 0.4) is 0 Å². The van der Waals surface area contributed by atoms with Gasteiger partial charge in [-0.05, 0) is 67.1 Å². The second-order valence-corrected chi connectivity index (χ2v) is 11.5. The van der Waals surface area contributed by atoms with Crippen LogP contribution in [-0.2, 0) is 11.2 Å². The molecule has 1 unspecified atom stereocenters. The zero-order valence-electron chi connectivity index (χ0n) is 23.7. The molecule has 0 aliphatic heterocycles. The third-order valence-electron chi connectivity index (χ3n) is 7.48. The molecule has 9 nitrogen and oxygen atoms in total. The maximum atomic E-state index is 13.0. The van der Waals surface area contributed by atoms with Crippen LogP contribution in [0.2, 0.25) is 10.0 Å². The van der Waals surface area contributed by atoms with Gasteiger partial charge in [-0.3, -0.25) is 9.59 Å². The first-order valence-electron chi connectivity index (χ1n) is 14.1. The number of carbonyl (C=O) groups is 4. The molecule has 1 saturated carbocycles. The molecule has 4 amide bonds. The normalized spacial score (nSPS) is 13.9. The Kier molecular flexibility index (Phi) is 11.0. The van der Waals surface area contributed by atoms with Gasteiger partial charge in [-0.2, -0.15) is 0 Å². The Morgan fingerprint density at radius 3 is 2.16 bits per heavy atom. The van der Waals surface area contributed by atoms with Gasteiger partial charge in [-0.25, -0.2) is 9.59 Å². The Hall–Kier alpha value is -4.08. The van der Waals surface area contributed by atoms with Crippen molar-refractivity contribution in [3.8, 4) is 0 Å². The number of carboxylic acids is 1. The lowest BCUT2D eigenvalue weighted by Crippen LogP contribution is -2.44. The Bertz CT molecular complexity index is 1470. The summed E-state index contributed by atoms with van der Waals surface area (Å²) in [6, 6.07) is 14.4. The number of para-hydroxylation sites is 1. The minimum atomic E-state index is -1.25. The van der Waals surface area contributed by atoms with E-state index in [1.165, 1.54) is 19.3 Å². The van der Waals surface area contributed by atoms with Crippen molar-refractivity contribution in [2.24, 2.45) is 5.92 Å². The van der Waals surface area contributed by atoms with E-state index in [0.717, 1.165) is 12.8 Å². The molecular weight excluding hydrogens is 591 g/mol. The molecule has 1 aliphatic rings. The average molecular weight is 626 g/mol. The number of halogens is 2. The van der Waals surface area contributed by atoms with Crippen molar-refractivity contribution in [1.82, 2.24) is 10.6 Å². The lowest BCUT2D eigenvalue weighted by molar-refractivity contribution is -0.139. The molecule has 0 saturated heterocycles. The summed E-state index contributed by atoms with van der Waals surface area (Å²) in [7, 11) is 0.